The zero-order valence-electron chi connectivity index (χ0n) is 11.6. The van der Waals surface area contributed by atoms with Gasteiger partial charge in [0.15, 0.2) is 0 Å². The molecule has 0 aromatic heterocycles. The molecule has 2 unspecified atom stereocenters. The summed E-state index contributed by atoms with van der Waals surface area (Å²) < 4.78 is 10.8. The number of hydrogen-bond donors (Lipinski definition) is 1. The number of rotatable bonds is 5. The Morgan fingerprint density at radius 2 is 2.37 bits per heavy atom. The Balaban J connectivity index is 2.22. The second kappa shape index (κ2) is 7.13. The highest BCUT2D eigenvalue weighted by atomic mass is 35.5. The van der Waals surface area contributed by atoms with E-state index in [1.807, 2.05) is 12.1 Å². The SMILES string of the molecule is CCNC(c1ccc(OC)cc1Cl)C1CCCOC1. The second-order valence-electron chi connectivity index (χ2n) is 4.90. The van der Waals surface area contributed by atoms with Gasteiger partial charge in [-0.15, -0.1) is 0 Å². The van der Waals surface area contributed by atoms with Gasteiger partial charge in [-0.25, -0.2) is 0 Å². The number of halogens is 1. The lowest BCUT2D eigenvalue weighted by molar-refractivity contribution is 0.0393. The lowest BCUT2D eigenvalue weighted by atomic mass is 9.88. The minimum Gasteiger partial charge on any atom is -0.497 e. The third-order valence-corrected chi connectivity index (χ3v) is 3.96. The van der Waals surface area contributed by atoms with Crippen molar-refractivity contribution in [3.8, 4) is 5.75 Å². The normalized spacial score (nSPS) is 21.1. The first kappa shape index (κ1) is 14.6. The van der Waals surface area contributed by atoms with Crippen LogP contribution in [0.5, 0.6) is 5.75 Å². The van der Waals surface area contributed by atoms with Crippen molar-refractivity contribution in [3.63, 3.8) is 0 Å². The van der Waals surface area contributed by atoms with Gasteiger partial charge in [0.2, 0.25) is 0 Å². The molecule has 19 heavy (non-hydrogen) atoms. The van der Waals surface area contributed by atoms with Gasteiger partial charge in [-0.3, -0.25) is 0 Å². The molecule has 1 fully saturated rings. The Hall–Kier alpha value is -0.770. The average molecular weight is 284 g/mol. The summed E-state index contributed by atoms with van der Waals surface area (Å²) in [6.45, 7) is 4.73. The van der Waals surface area contributed by atoms with Crippen LogP contribution in [0.4, 0.5) is 0 Å². The third kappa shape index (κ3) is 3.62. The number of ether oxygens (including phenoxy) is 2. The molecule has 0 radical (unpaired) electrons. The molecule has 1 heterocycles. The van der Waals surface area contributed by atoms with Crippen LogP contribution in [0, 0.1) is 5.92 Å². The molecule has 3 nitrogen and oxygen atoms in total. The van der Waals surface area contributed by atoms with Gasteiger partial charge in [0.25, 0.3) is 0 Å². The molecule has 2 rings (SSSR count). The fraction of sp³-hybridized carbons (Fsp3) is 0.600. The standard InChI is InChI=1S/C15H22ClNO2/c1-3-17-15(11-5-4-8-19-10-11)13-7-6-12(18-2)9-14(13)16/h6-7,9,11,15,17H,3-5,8,10H2,1-2H3. The van der Waals surface area contributed by atoms with Crippen molar-refractivity contribution >= 4 is 11.6 Å². The maximum Gasteiger partial charge on any atom is 0.120 e. The molecule has 4 heteroatoms. The van der Waals surface area contributed by atoms with Gasteiger partial charge in [-0.05, 0) is 37.1 Å². The predicted molar refractivity (Wildman–Crippen MR) is 78.0 cm³/mol. The first-order valence-electron chi connectivity index (χ1n) is 6.90. The van der Waals surface area contributed by atoms with Crippen molar-refractivity contribution in [2.75, 3.05) is 26.9 Å². The molecule has 106 valence electrons. The van der Waals surface area contributed by atoms with E-state index in [9.17, 15) is 0 Å². The van der Waals surface area contributed by atoms with Crippen LogP contribution in [0.15, 0.2) is 18.2 Å². The van der Waals surface area contributed by atoms with Gasteiger partial charge >= 0.3 is 0 Å². The van der Waals surface area contributed by atoms with Crippen molar-refractivity contribution < 1.29 is 9.47 Å². The highest BCUT2D eigenvalue weighted by Gasteiger charge is 2.26. The highest BCUT2D eigenvalue weighted by molar-refractivity contribution is 6.31. The monoisotopic (exact) mass is 283 g/mol. The van der Waals surface area contributed by atoms with E-state index in [0.29, 0.717) is 5.92 Å². The summed E-state index contributed by atoms with van der Waals surface area (Å²) in [6.07, 6.45) is 2.31. The van der Waals surface area contributed by atoms with Crippen molar-refractivity contribution in [2.45, 2.75) is 25.8 Å². The van der Waals surface area contributed by atoms with Crippen LogP contribution in [0.2, 0.25) is 5.02 Å². The molecule has 1 aromatic carbocycles. The van der Waals surface area contributed by atoms with Crippen molar-refractivity contribution in [1.82, 2.24) is 5.32 Å². The Morgan fingerprint density at radius 3 is 2.95 bits per heavy atom. The van der Waals surface area contributed by atoms with E-state index < -0.39 is 0 Å². The molecular formula is C15H22ClNO2. The maximum atomic E-state index is 6.40. The van der Waals surface area contributed by atoms with Gasteiger partial charge in [0.1, 0.15) is 5.75 Å². The van der Waals surface area contributed by atoms with E-state index in [1.54, 1.807) is 7.11 Å². The van der Waals surface area contributed by atoms with Gasteiger partial charge in [0.05, 0.1) is 13.7 Å². The van der Waals surface area contributed by atoms with Crippen molar-refractivity contribution in [2.24, 2.45) is 5.92 Å². The lowest BCUT2D eigenvalue weighted by Gasteiger charge is -2.31. The number of methoxy groups -OCH3 is 1. The summed E-state index contributed by atoms with van der Waals surface area (Å²) in [4.78, 5) is 0. The van der Waals surface area contributed by atoms with E-state index in [0.717, 1.165) is 42.5 Å². The maximum absolute atomic E-state index is 6.40. The Kier molecular flexibility index (Phi) is 5.49. The highest BCUT2D eigenvalue weighted by Crippen LogP contribution is 2.34. The molecule has 0 aliphatic carbocycles. The summed E-state index contributed by atoms with van der Waals surface area (Å²) in [7, 11) is 1.65. The minimum absolute atomic E-state index is 0.253. The van der Waals surface area contributed by atoms with E-state index in [4.69, 9.17) is 21.1 Å². The smallest absolute Gasteiger partial charge is 0.120 e. The van der Waals surface area contributed by atoms with E-state index in [1.165, 1.54) is 6.42 Å². The zero-order chi connectivity index (χ0) is 13.7. The van der Waals surface area contributed by atoms with Crippen LogP contribution in [0.1, 0.15) is 31.4 Å². The molecule has 0 amide bonds. The molecule has 0 saturated carbocycles. The largest absolute Gasteiger partial charge is 0.497 e. The minimum atomic E-state index is 0.253. The second-order valence-corrected chi connectivity index (χ2v) is 5.31. The number of nitrogens with one attached hydrogen (secondary N) is 1. The zero-order valence-corrected chi connectivity index (χ0v) is 12.4. The Morgan fingerprint density at radius 1 is 1.53 bits per heavy atom. The third-order valence-electron chi connectivity index (χ3n) is 3.63. The molecule has 1 N–H and O–H groups in total. The van der Waals surface area contributed by atoms with Crippen molar-refractivity contribution in [1.29, 1.82) is 0 Å². The first-order chi connectivity index (χ1) is 9.26. The van der Waals surface area contributed by atoms with Gasteiger partial charge in [0, 0.05) is 23.6 Å². The summed E-state index contributed by atoms with van der Waals surface area (Å²) in [6, 6.07) is 6.16. The van der Waals surface area contributed by atoms with Crippen LogP contribution in [0.25, 0.3) is 0 Å². The topological polar surface area (TPSA) is 30.5 Å². The molecule has 2 atom stereocenters. The molecule has 1 saturated heterocycles. The predicted octanol–water partition coefficient (Wildman–Crippen LogP) is 3.43. The van der Waals surface area contributed by atoms with Gasteiger partial charge in [-0.2, -0.15) is 0 Å². The Bertz CT molecular complexity index is 405. The number of hydrogen-bond acceptors (Lipinski definition) is 3. The summed E-state index contributed by atoms with van der Waals surface area (Å²) in [5, 5.41) is 4.30. The molecule has 1 aliphatic rings. The van der Waals surface area contributed by atoms with Crippen LogP contribution >= 0.6 is 11.6 Å². The average Bonchev–Trinajstić information content (AvgIpc) is 2.46. The molecule has 1 aromatic rings. The van der Waals surface area contributed by atoms with Gasteiger partial charge in [-0.1, -0.05) is 24.6 Å². The summed E-state index contributed by atoms with van der Waals surface area (Å²) >= 11 is 6.40. The fourth-order valence-electron chi connectivity index (χ4n) is 2.67. The van der Waals surface area contributed by atoms with Crippen LogP contribution in [-0.4, -0.2) is 26.9 Å². The van der Waals surface area contributed by atoms with E-state index in [-0.39, 0.29) is 6.04 Å². The lowest BCUT2D eigenvalue weighted by Crippen LogP contribution is -2.33. The summed E-state index contributed by atoms with van der Waals surface area (Å²) in [5.74, 6) is 1.28. The van der Waals surface area contributed by atoms with Gasteiger partial charge < -0.3 is 14.8 Å². The van der Waals surface area contributed by atoms with E-state index >= 15 is 0 Å². The Labute approximate surface area is 120 Å². The van der Waals surface area contributed by atoms with Crippen LogP contribution in [0.3, 0.4) is 0 Å². The van der Waals surface area contributed by atoms with Crippen LogP contribution in [-0.2, 0) is 4.74 Å². The van der Waals surface area contributed by atoms with Crippen molar-refractivity contribution in [3.05, 3.63) is 28.8 Å². The molecular weight excluding hydrogens is 262 g/mol. The first-order valence-corrected chi connectivity index (χ1v) is 7.28. The molecule has 0 spiro atoms. The number of benzene rings is 1. The molecule has 1 aliphatic heterocycles. The van der Waals surface area contributed by atoms with Crippen LogP contribution < -0.4 is 10.1 Å². The summed E-state index contributed by atoms with van der Waals surface area (Å²) in [5.41, 5.74) is 1.14. The molecule has 0 bridgehead atoms. The van der Waals surface area contributed by atoms with E-state index in [2.05, 4.69) is 18.3 Å². The fourth-order valence-corrected chi connectivity index (χ4v) is 2.95. The quantitative estimate of drug-likeness (QED) is 0.898.